The Labute approximate surface area is 223 Å². The summed E-state index contributed by atoms with van der Waals surface area (Å²) in [5.41, 5.74) is 1.69. The Morgan fingerprint density at radius 3 is 2.50 bits per heavy atom. The van der Waals surface area contributed by atoms with Gasteiger partial charge in [-0.1, -0.05) is 76.6 Å². The number of aliphatic hydroxyl groups excluding tert-OH is 1. The van der Waals surface area contributed by atoms with Crippen LogP contribution in [-0.2, 0) is 25.7 Å². The van der Waals surface area contributed by atoms with E-state index in [4.69, 9.17) is 4.74 Å². The van der Waals surface area contributed by atoms with Crippen molar-refractivity contribution in [2.45, 2.75) is 46.8 Å². The van der Waals surface area contributed by atoms with Gasteiger partial charge >= 0.3 is 5.97 Å². The molecule has 36 heavy (non-hydrogen) atoms. The first-order valence-electron chi connectivity index (χ1n) is 12.2. The van der Waals surface area contributed by atoms with Gasteiger partial charge in [0.2, 0.25) is 11.8 Å². The summed E-state index contributed by atoms with van der Waals surface area (Å²) in [5, 5.41) is 13.4. The number of likely N-dealkylation sites (tertiary alicyclic amines) is 1. The van der Waals surface area contributed by atoms with Crippen molar-refractivity contribution < 1.29 is 24.2 Å². The van der Waals surface area contributed by atoms with Crippen LogP contribution in [0.25, 0.3) is 0 Å². The van der Waals surface area contributed by atoms with E-state index in [-0.39, 0.29) is 35.1 Å². The Morgan fingerprint density at radius 1 is 1.19 bits per heavy atom. The number of nitrogens with zero attached hydrogens (tertiary/aromatic N) is 1. The molecule has 190 valence electrons. The summed E-state index contributed by atoms with van der Waals surface area (Å²) in [6.45, 7) is 1.96. The molecular formula is C27H29BrN2O5S. The largest absolute Gasteiger partial charge is 0.466 e. The van der Waals surface area contributed by atoms with Crippen LogP contribution >= 0.6 is 27.7 Å². The Bertz CT molecular complexity index is 1140. The van der Waals surface area contributed by atoms with Crippen molar-refractivity contribution in [3.05, 3.63) is 71.8 Å². The van der Waals surface area contributed by atoms with Gasteiger partial charge in [-0.25, -0.2) is 0 Å². The lowest BCUT2D eigenvalue weighted by molar-refractivity contribution is -0.154. The first-order chi connectivity index (χ1) is 17.4. The van der Waals surface area contributed by atoms with Gasteiger partial charge in [-0.05, 0) is 24.5 Å². The number of ether oxygens (including phenoxy) is 1. The SMILES string of the molecule is CCOC(=O)[C@H]1[C@@H]2SC3(CC2Br)C(C(=O)NCc2ccccc2)N([C@H](CO)c2ccccc2)C(=O)[C@H]13. The first-order valence-corrected chi connectivity index (χ1v) is 14.0. The lowest BCUT2D eigenvalue weighted by Crippen LogP contribution is -2.55. The van der Waals surface area contributed by atoms with Crippen molar-refractivity contribution in [1.29, 1.82) is 0 Å². The van der Waals surface area contributed by atoms with Crippen LogP contribution in [0.3, 0.4) is 0 Å². The molecule has 5 rings (SSSR count). The molecule has 2 bridgehead atoms. The van der Waals surface area contributed by atoms with E-state index in [0.717, 1.165) is 11.1 Å². The number of aliphatic hydroxyl groups is 1. The Balaban J connectivity index is 1.56. The second-order valence-corrected chi connectivity index (χ2v) is 12.2. The molecule has 0 aliphatic carbocycles. The summed E-state index contributed by atoms with van der Waals surface area (Å²) in [7, 11) is 0. The van der Waals surface area contributed by atoms with E-state index in [0.29, 0.717) is 13.0 Å². The molecule has 3 unspecified atom stereocenters. The topological polar surface area (TPSA) is 95.9 Å². The highest BCUT2D eigenvalue weighted by molar-refractivity contribution is 9.09. The minimum Gasteiger partial charge on any atom is -0.466 e. The number of benzene rings is 2. The van der Waals surface area contributed by atoms with Gasteiger partial charge in [0.15, 0.2) is 0 Å². The highest BCUT2D eigenvalue weighted by Crippen LogP contribution is 2.68. The van der Waals surface area contributed by atoms with E-state index in [9.17, 15) is 19.5 Å². The van der Waals surface area contributed by atoms with E-state index in [2.05, 4.69) is 21.2 Å². The van der Waals surface area contributed by atoms with E-state index in [1.54, 1.807) is 23.6 Å². The number of rotatable bonds is 8. The number of carbonyl (C=O) groups excluding carboxylic acids is 3. The third kappa shape index (κ3) is 4.05. The van der Waals surface area contributed by atoms with Gasteiger partial charge in [0.25, 0.3) is 0 Å². The number of carbonyl (C=O) groups is 3. The predicted molar refractivity (Wildman–Crippen MR) is 140 cm³/mol. The minimum absolute atomic E-state index is 0.0327. The van der Waals surface area contributed by atoms with Gasteiger partial charge in [0.05, 0.1) is 35.8 Å². The molecule has 2 N–H and O–H groups in total. The molecule has 3 aliphatic heterocycles. The van der Waals surface area contributed by atoms with E-state index in [1.807, 2.05) is 60.7 Å². The van der Waals surface area contributed by atoms with Gasteiger partial charge in [-0.15, -0.1) is 11.8 Å². The van der Waals surface area contributed by atoms with Crippen molar-refractivity contribution in [2.24, 2.45) is 11.8 Å². The summed E-state index contributed by atoms with van der Waals surface area (Å²) in [6.07, 6.45) is 0.571. The summed E-state index contributed by atoms with van der Waals surface area (Å²) in [5.74, 6) is -2.28. The maximum atomic E-state index is 14.2. The average Bonchev–Trinajstić information content (AvgIpc) is 3.48. The minimum atomic E-state index is -0.842. The maximum Gasteiger partial charge on any atom is 0.310 e. The summed E-state index contributed by atoms with van der Waals surface area (Å²) < 4.78 is 4.60. The zero-order valence-electron chi connectivity index (χ0n) is 19.9. The summed E-state index contributed by atoms with van der Waals surface area (Å²) in [4.78, 5) is 42.7. The van der Waals surface area contributed by atoms with E-state index < -0.39 is 34.6 Å². The van der Waals surface area contributed by atoms with Crippen LogP contribution in [0.4, 0.5) is 0 Å². The van der Waals surface area contributed by atoms with Gasteiger partial charge in [-0.3, -0.25) is 14.4 Å². The molecule has 3 fully saturated rings. The molecule has 2 aromatic carbocycles. The Morgan fingerprint density at radius 2 is 1.86 bits per heavy atom. The number of fused-ring (bicyclic) bond motifs is 1. The Kier molecular flexibility index (Phi) is 7.16. The van der Waals surface area contributed by atoms with Crippen molar-refractivity contribution in [3.63, 3.8) is 0 Å². The molecule has 3 saturated heterocycles. The molecule has 0 radical (unpaired) electrons. The zero-order chi connectivity index (χ0) is 25.4. The standard InChI is InChI=1S/C27H29BrN2O5S/c1-2-35-26(34)20-21-25(33)30(19(15-31)17-11-7-4-8-12-17)23(27(21)13-18(28)22(20)36-27)24(32)29-14-16-9-5-3-6-10-16/h3-12,18-23,31H,2,13-15H2,1H3,(H,29,32)/t18?,19-,20-,21+,22-,23?,27?/m1/s1. The van der Waals surface area contributed by atoms with Gasteiger partial charge in [0.1, 0.15) is 6.04 Å². The fourth-order valence-corrected chi connectivity index (χ4v) is 9.71. The van der Waals surface area contributed by atoms with Crippen LogP contribution in [0.2, 0.25) is 0 Å². The zero-order valence-corrected chi connectivity index (χ0v) is 22.3. The van der Waals surface area contributed by atoms with Crippen LogP contribution in [0.15, 0.2) is 60.7 Å². The van der Waals surface area contributed by atoms with Crippen molar-refractivity contribution in [2.75, 3.05) is 13.2 Å². The molecule has 7 atom stereocenters. The van der Waals surface area contributed by atoms with Crippen LogP contribution in [0.1, 0.15) is 30.5 Å². The van der Waals surface area contributed by atoms with Crippen LogP contribution in [-0.4, -0.2) is 61.9 Å². The second-order valence-electron chi connectivity index (χ2n) is 9.47. The molecule has 1 spiro atoms. The molecule has 7 nitrogen and oxygen atoms in total. The average molecular weight is 574 g/mol. The molecule has 2 aromatic rings. The number of esters is 1. The molecule has 0 saturated carbocycles. The van der Waals surface area contributed by atoms with Crippen molar-refractivity contribution in [3.8, 4) is 0 Å². The van der Waals surface area contributed by atoms with Crippen LogP contribution in [0.5, 0.6) is 0 Å². The number of nitrogens with one attached hydrogen (secondary N) is 1. The third-order valence-electron chi connectivity index (χ3n) is 7.54. The summed E-state index contributed by atoms with van der Waals surface area (Å²) >= 11 is 5.29. The fourth-order valence-electron chi connectivity index (χ4n) is 6.12. The van der Waals surface area contributed by atoms with Crippen LogP contribution in [0, 0.1) is 11.8 Å². The van der Waals surface area contributed by atoms with E-state index in [1.165, 1.54) is 0 Å². The number of halogens is 1. The lowest BCUT2D eigenvalue weighted by Gasteiger charge is -2.37. The van der Waals surface area contributed by atoms with Crippen LogP contribution < -0.4 is 5.32 Å². The van der Waals surface area contributed by atoms with Crippen molar-refractivity contribution in [1.82, 2.24) is 10.2 Å². The maximum absolute atomic E-state index is 14.2. The summed E-state index contributed by atoms with van der Waals surface area (Å²) in [6, 6.07) is 17.3. The number of hydrogen-bond donors (Lipinski definition) is 2. The molecule has 3 aliphatic rings. The number of alkyl halides is 1. The quantitative estimate of drug-likeness (QED) is 0.373. The molecule has 0 aromatic heterocycles. The molecule has 9 heteroatoms. The Hall–Kier alpha value is -2.36. The molecule has 2 amide bonds. The molecular weight excluding hydrogens is 544 g/mol. The predicted octanol–water partition coefficient (Wildman–Crippen LogP) is 3.06. The highest BCUT2D eigenvalue weighted by Gasteiger charge is 2.76. The number of hydrogen-bond acceptors (Lipinski definition) is 6. The monoisotopic (exact) mass is 572 g/mol. The number of thioether (sulfide) groups is 1. The second kappa shape index (κ2) is 10.2. The molecule has 3 heterocycles. The number of amides is 2. The normalized spacial score (nSPS) is 31.2. The fraction of sp³-hybridized carbons (Fsp3) is 0.444. The smallest absolute Gasteiger partial charge is 0.310 e. The third-order valence-corrected chi connectivity index (χ3v) is 10.8. The van der Waals surface area contributed by atoms with Crippen molar-refractivity contribution >= 4 is 45.5 Å². The first kappa shape index (κ1) is 25.3. The van der Waals surface area contributed by atoms with Gasteiger partial charge < -0.3 is 20.1 Å². The van der Waals surface area contributed by atoms with Gasteiger partial charge in [0, 0.05) is 16.6 Å². The lowest BCUT2D eigenvalue weighted by atomic mass is 9.71. The van der Waals surface area contributed by atoms with E-state index >= 15 is 0 Å². The highest BCUT2D eigenvalue weighted by atomic mass is 79.9. The van der Waals surface area contributed by atoms with Gasteiger partial charge in [-0.2, -0.15) is 0 Å².